The van der Waals surface area contributed by atoms with Gasteiger partial charge in [0.15, 0.2) is 0 Å². The van der Waals surface area contributed by atoms with Crippen LogP contribution >= 0.6 is 12.4 Å². The summed E-state index contributed by atoms with van der Waals surface area (Å²) in [6.45, 7) is 2.69. The molecule has 2 aromatic rings. The van der Waals surface area contributed by atoms with Crippen molar-refractivity contribution in [3.05, 3.63) is 41.9 Å². The molecular weight excluding hydrogens is 381 g/mol. The van der Waals surface area contributed by atoms with Crippen LogP contribution in [0.25, 0.3) is 11.3 Å². The van der Waals surface area contributed by atoms with Crippen LogP contribution in [0.5, 0.6) is 0 Å². The monoisotopic (exact) mass is 409 g/mol. The largest absolute Gasteiger partial charge is 0.361 e. The zero-order chi connectivity index (χ0) is 19.1. The Labute approximate surface area is 172 Å². The molecule has 0 aliphatic carbocycles. The lowest BCUT2D eigenvalue weighted by Crippen LogP contribution is -2.39. The van der Waals surface area contributed by atoms with Crippen LogP contribution in [0.2, 0.25) is 0 Å². The molecule has 7 heteroatoms. The SMILES string of the molecule is CN(CCCCCc1cc(-c2cccc(F)c2)no1)C(=O)C1CCNCC1.Cl. The van der Waals surface area contributed by atoms with Crippen LogP contribution in [0.15, 0.2) is 34.9 Å². The summed E-state index contributed by atoms with van der Waals surface area (Å²) in [6, 6.07) is 8.23. The summed E-state index contributed by atoms with van der Waals surface area (Å²) in [5, 5.41) is 7.33. The van der Waals surface area contributed by atoms with Gasteiger partial charge in [0.25, 0.3) is 0 Å². The van der Waals surface area contributed by atoms with Crippen LogP contribution in [0.4, 0.5) is 4.39 Å². The smallest absolute Gasteiger partial charge is 0.225 e. The number of hydrogen-bond acceptors (Lipinski definition) is 4. The first kappa shape index (κ1) is 22.4. The van der Waals surface area contributed by atoms with Gasteiger partial charge in [-0.15, -0.1) is 12.4 Å². The normalized spacial score (nSPS) is 14.5. The Kier molecular flexibility index (Phi) is 8.93. The number of aromatic nitrogens is 1. The lowest BCUT2D eigenvalue weighted by Gasteiger charge is -2.26. The predicted octanol–water partition coefficient (Wildman–Crippen LogP) is 4.07. The van der Waals surface area contributed by atoms with E-state index in [2.05, 4.69) is 10.5 Å². The molecular formula is C21H29ClFN3O2. The second kappa shape index (κ2) is 11.2. The molecule has 1 aliphatic heterocycles. The van der Waals surface area contributed by atoms with E-state index in [-0.39, 0.29) is 30.0 Å². The Morgan fingerprint density at radius 1 is 1.25 bits per heavy atom. The summed E-state index contributed by atoms with van der Waals surface area (Å²) >= 11 is 0. The van der Waals surface area contributed by atoms with E-state index in [0.717, 1.165) is 69.5 Å². The maximum atomic E-state index is 13.3. The molecule has 0 spiro atoms. The molecule has 0 atom stereocenters. The van der Waals surface area contributed by atoms with Crippen molar-refractivity contribution in [1.29, 1.82) is 0 Å². The molecule has 2 heterocycles. The minimum atomic E-state index is -0.278. The fraction of sp³-hybridized carbons (Fsp3) is 0.524. The summed E-state index contributed by atoms with van der Waals surface area (Å²) < 4.78 is 18.7. The van der Waals surface area contributed by atoms with Gasteiger partial charge in [0.1, 0.15) is 17.3 Å². The molecule has 1 amide bonds. The van der Waals surface area contributed by atoms with E-state index in [0.29, 0.717) is 5.69 Å². The van der Waals surface area contributed by atoms with E-state index < -0.39 is 0 Å². The molecule has 28 heavy (non-hydrogen) atoms. The molecule has 0 radical (unpaired) electrons. The zero-order valence-corrected chi connectivity index (χ0v) is 17.1. The zero-order valence-electron chi connectivity index (χ0n) is 16.3. The number of carbonyl (C=O) groups excluding carboxylic acids is 1. The second-order valence-electron chi connectivity index (χ2n) is 7.28. The highest BCUT2D eigenvalue weighted by Gasteiger charge is 2.23. The number of nitrogens with one attached hydrogen (secondary N) is 1. The van der Waals surface area contributed by atoms with Crippen molar-refractivity contribution >= 4 is 18.3 Å². The van der Waals surface area contributed by atoms with Gasteiger partial charge in [-0.3, -0.25) is 4.79 Å². The molecule has 154 valence electrons. The summed E-state index contributed by atoms with van der Waals surface area (Å²) in [5.74, 6) is 1.01. The van der Waals surface area contributed by atoms with Crippen LogP contribution in [0.3, 0.4) is 0 Å². The number of aryl methyl sites for hydroxylation is 1. The van der Waals surface area contributed by atoms with Crippen LogP contribution in [0.1, 0.15) is 37.9 Å². The first-order valence-electron chi connectivity index (χ1n) is 9.81. The number of halogens is 2. The molecule has 1 saturated heterocycles. The molecule has 0 bridgehead atoms. The number of piperidine rings is 1. The summed E-state index contributed by atoms with van der Waals surface area (Å²) in [5.41, 5.74) is 1.39. The molecule has 1 aliphatic rings. The Morgan fingerprint density at radius 3 is 2.79 bits per heavy atom. The van der Waals surface area contributed by atoms with E-state index in [1.54, 1.807) is 6.07 Å². The summed E-state index contributed by atoms with van der Waals surface area (Å²) in [4.78, 5) is 14.3. The van der Waals surface area contributed by atoms with Gasteiger partial charge in [0.05, 0.1) is 0 Å². The highest BCUT2D eigenvalue weighted by molar-refractivity contribution is 5.85. The second-order valence-corrected chi connectivity index (χ2v) is 7.28. The number of amides is 1. The predicted molar refractivity (Wildman–Crippen MR) is 110 cm³/mol. The fourth-order valence-corrected chi connectivity index (χ4v) is 3.53. The average Bonchev–Trinajstić information content (AvgIpc) is 3.16. The maximum Gasteiger partial charge on any atom is 0.225 e. The van der Waals surface area contributed by atoms with Gasteiger partial charge < -0.3 is 14.7 Å². The molecule has 1 N–H and O–H groups in total. The molecule has 5 nitrogen and oxygen atoms in total. The van der Waals surface area contributed by atoms with Gasteiger partial charge in [-0.05, 0) is 50.9 Å². The van der Waals surface area contributed by atoms with Crippen molar-refractivity contribution in [3.8, 4) is 11.3 Å². The summed E-state index contributed by atoms with van der Waals surface area (Å²) in [6.07, 6.45) is 5.68. The van der Waals surface area contributed by atoms with Gasteiger partial charge in [-0.1, -0.05) is 23.7 Å². The van der Waals surface area contributed by atoms with Gasteiger partial charge >= 0.3 is 0 Å². The Hall–Kier alpha value is -1.92. The van der Waals surface area contributed by atoms with Crippen LogP contribution in [-0.4, -0.2) is 42.6 Å². The number of carbonyl (C=O) groups is 1. The lowest BCUT2D eigenvalue weighted by atomic mass is 9.96. The topological polar surface area (TPSA) is 58.4 Å². The van der Waals surface area contributed by atoms with Crippen LogP contribution < -0.4 is 5.32 Å². The quantitative estimate of drug-likeness (QED) is 0.667. The minimum absolute atomic E-state index is 0. The average molecular weight is 410 g/mol. The van der Waals surface area contributed by atoms with Crippen molar-refractivity contribution in [2.24, 2.45) is 5.92 Å². The highest BCUT2D eigenvalue weighted by Crippen LogP contribution is 2.21. The number of nitrogens with zero attached hydrogens (tertiary/aromatic N) is 2. The van der Waals surface area contributed by atoms with E-state index >= 15 is 0 Å². The van der Waals surface area contributed by atoms with E-state index in [4.69, 9.17) is 4.52 Å². The van der Waals surface area contributed by atoms with E-state index in [1.807, 2.05) is 24.1 Å². The molecule has 1 fully saturated rings. The Balaban J connectivity index is 0.00000280. The third-order valence-corrected chi connectivity index (χ3v) is 5.16. The third-order valence-electron chi connectivity index (χ3n) is 5.16. The maximum absolute atomic E-state index is 13.3. The third kappa shape index (κ3) is 6.31. The number of unbranched alkanes of at least 4 members (excludes halogenated alkanes) is 2. The first-order valence-corrected chi connectivity index (χ1v) is 9.81. The number of hydrogen-bond donors (Lipinski definition) is 1. The van der Waals surface area contributed by atoms with E-state index in [1.165, 1.54) is 12.1 Å². The molecule has 1 aromatic heterocycles. The van der Waals surface area contributed by atoms with Crippen LogP contribution in [0, 0.1) is 11.7 Å². The molecule has 1 aromatic carbocycles. The number of benzene rings is 1. The first-order chi connectivity index (χ1) is 13.1. The highest BCUT2D eigenvalue weighted by atomic mass is 35.5. The molecule has 0 unspecified atom stereocenters. The van der Waals surface area contributed by atoms with Gasteiger partial charge in [-0.2, -0.15) is 0 Å². The number of rotatable bonds is 8. The lowest BCUT2D eigenvalue weighted by molar-refractivity contribution is -0.135. The fourth-order valence-electron chi connectivity index (χ4n) is 3.53. The Bertz CT molecular complexity index is 747. The minimum Gasteiger partial charge on any atom is -0.361 e. The standard InChI is InChI=1S/C21H28FN3O2.ClH/c1-25(21(26)16-9-11-23-12-10-16)13-4-2-3-8-19-15-20(24-27-19)17-6-5-7-18(22)14-17;/h5-7,14-16,23H,2-4,8-13H2,1H3;1H. The van der Waals surface area contributed by atoms with Gasteiger partial charge in [0, 0.05) is 37.6 Å². The van der Waals surface area contributed by atoms with E-state index in [9.17, 15) is 9.18 Å². The van der Waals surface area contributed by atoms with Gasteiger partial charge in [0.2, 0.25) is 5.91 Å². The van der Waals surface area contributed by atoms with Crippen molar-refractivity contribution in [1.82, 2.24) is 15.4 Å². The van der Waals surface area contributed by atoms with Crippen molar-refractivity contribution in [3.63, 3.8) is 0 Å². The summed E-state index contributed by atoms with van der Waals surface area (Å²) in [7, 11) is 1.91. The van der Waals surface area contributed by atoms with Gasteiger partial charge in [-0.25, -0.2) is 4.39 Å². The Morgan fingerprint density at radius 2 is 2.04 bits per heavy atom. The van der Waals surface area contributed by atoms with Crippen molar-refractivity contribution in [2.75, 3.05) is 26.7 Å². The van der Waals surface area contributed by atoms with Crippen molar-refractivity contribution in [2.45, 2.75) is 38.5 Å². The van der Waals surface area contributed by atoms with Crippen LogP contribution in [-0.2, 0) is 11.2 Å². The van der Waals surface area contributed by atoms with Crippen molar-refractivity contribution < 1.29 is 13.7 Å². The molecule has 0 saturated carbocycles. The molecule has 3 rings (SSSR count).